The van der Waals surface area contributed by atoms with Gasteiger partial charge in [-0.15, -0.1) is 0 Å². The van der Waals surface area contributed by atoms with Gasteiger partial charge in [-0.25, -0.2) is 8.42 Å². The molecule has 0 saturated carbocycles. The quantitative estimate of drug-likeness (QED) is 0.584. The Morgan fingerprint density at radius 1 is 1.10 bits per heavy atom. The summed E-state index contributed by atoms with van der Waals surface area (Å²) in [4.78, 5) is 12.8. The fourth-order valence-electron chi connectivity index (χ4n) is 3.01. The number of amides is 1. The van der Waals surface area contributed by atoms with Crippen LogP contribution in [0.25, 0.3) is 0 Å². The zero-order valence-corrected chi connectivity index (χ0v) is 19.5. The van der Waals surface area contributed by atoms with E-state index in [1.165, 1.54) is 29.6 Å². The summed E-state index contributed by atoms with van der Waals surface area (Å²) >= 11 is 11.8. The largest absolute Gasteiger partial charge is 0.505 e. The van der Waals surface area contributed by atoms with E-state index in [9.17, 15) is 18.3 Å². The minimum absolute atomic E-state index is 0.0564. The molecule has 30 heavy (non-hydrogen) atoms. The summed E-state index contributed by atoms with van der Waals surface area (Å²) in [7, 11) is -2.31. The molecule has 1 amide bonds. The maximum absolute atomic E-state index is 13.0. The van der Waals surface area contributed by atoms with Crippen molar-refractivity contribution in [3.05, 3.63) is 45.4 Å². The molecule has 0 aromatic heterocycles. The Hall–Kier alpha value is -2.00. The van der Waals surface area contributed by atoms with Gasteiger partial charge in [-0.3, -0.25) is 4.79 Å². The molecule has 2 aromatic rings. The third-order valence-electron chi connectivity index (χ3n) is 4.59. The number of ether oxygens (including phenoxy) is 1. The van der Waals surface area contributed by atoms with Gasteiger partial charge < -0.3 is 15.2 Å². The summed E-state index contributed by atoms with van der Waals surface area (Å²) < 4.78 is 32.8. The van der Waals surface area contributed by atoms with Crippen molar-refractivity contribution in [3.63, 3.8) is 0 Å². The Kier molecular flexibility index (Phi) is 7.99. The molecule has 0 aliphatic heterocycles. The Morgan fingerprint density at radius 2 is 1.67 bits per heavy atom. The summed E-state index contributed by atoms with van der Waals surface area (Å²) in [5.41, 5.74) is 0.926. The van der Waals surface area contributed by atoms with Gasteiger partial charge in [0, 0.05) is 18.7 Å². The summed E-state index contributed by atoms with van der Waals surface area (Å²) in [5.74, 6) is -0.551. The molecule has 0 fully saturated rings. The van der Waals surface area contributed by atoms with Crippen LogP contribution in [0.15, 0.2) is 29.2 Å². The fourth-order valence-corrected chi connectivity index (χ4v) is 5.03. The lowest BCUT2D eigenvalue weighted by Crippen LogP contribution is -2.30. The second-order valence-electron chi connectivity index (χ2n) is 6.35. The predicted molar refractivity (Wildman–Crippen MR) is 119 cm³/mol. The van der Waals surface area contributed by atoms with Crippen molar-refractivity contribution >= 4 is 44.8 Å². The van der Waals surface area contributed by atoms with Crippen molar-refractivity contribution in [3.8, 4) is 11.5 Å². The number of phenolic OH excluding ortho intramolecular Hbond substituents is 1. The Bertz CT molecular complexity index is 1030. The van der Waals surface area contributed by atoms with Crippen molar-refractivity contribution in [2.45, 2.75) is 32.1 Å². The van der Waals surface area contributed by atoms with Crippen molar-refractivity contribution in [2.75, 3.05) is 25.5 Å². The third-order valence-corrected chi connectivity index (χ3v) is 7.20. The molecule has 0 unspecified atom stereocenters. The van der Waals surface area contributed by atoms with Gasteiger partial charge >= 0.3 is 0 Å². The highest BCUT2D eigenvalue weighted by atomic mass is 35.5. The lowest BCUT2D eigenvalue weighted by Gasteiger charge is -2.21. The number of anilines is 1. The molecule has 0 spiro atoms. The monoisotopic (exact) mass is 474 g/mol. The van der Waals surface area contributed by atoms with Crippen LogP contribution in [-0.2, 0) is 16.4 Å². The van der Waals surface area contributed by atoms with E-state index in [1.807, 2.05) is 6.92 Å². The maximum Gasteiger partial charge on any atom is 0.255 e. The van der Waals surface area contributed by atoms with Crippen LogP contribution in [0.5, 0.6) is 11.5 Å². The molecule has 0 atom stereocenters. The molecule has 2 aromatic carbocycles. The van der Waals surface area contributed by atoms with Crippen LogP contribution in [0.1, 0.15) is 36.7 Å². The molecule has 0 aliphatic rings. The zero-order valence-electron chi connectivity index (χ0n) is 17.1. The SMILES string of the molecule is CCc1cc(S(=O)(=O)N(CC)CC)cc(NC(=O)c2cc(Cl)c(O)c(Cl)c2)c1OC. The van der Waals surface area contributed by atoms with E-state index in [1.54, 1.807) is 19.9 Å². The van der Waals surface area contributed by atoms with Crippen LogP contribution >= 0.6 is 23.2 Å². The van der Waals surface area contributed by atoms with Gasteiger partial charge in [0.25, 0.3) is 5.91 Å². The summed E-state index contributed by atoms with van der Waals surface area (Å²) in [6.45, 7) is 6.01. The molecule has 2 N–H and O–H groups in total. The molecule has 0 bridgehead atoms. The number of phenols is 1. The molecule has 164 valence electrons. The number of halogens is 2. The number of carbonyl (C=O) groups is 1. The van der Waals surface area contributed by atoms with E-state index < -0.39 is 15.9 Å². The Morgan fingerprint density at radius 3 is 2.13 bits per heavy atom. The molecule has 7 nitrogen and oxygen atoms in total. The van der Waals surface area contributed by atoms with Gasteiger partial charge in [-0.05, 0) is 36.2 Å². The first kappa shape index (κ1) is 24.3. The van der Waals surface area contributed by atoms with E-state index in [0.717, 1.165) is 0 Å². The number of hydrogen-bond acceptors (Lipinski definition) is 5. The molecule has 10 heteroatoms. The average Bonchev–Trinajstić information content (AvgIpc) is 2.71. The number of nitrogens with one attached hydrogen (secondary N) is 1. The molecule has 0 aliphatic carbocycles. The topological polar surface area (TPSA) is 95.9 Å². The number of sulfonamides is 1. The standard InChI is InChI=1S/C20H24Cl2N2O5S/c1-5-12-8-14(30(27,28)24(6-2)7-3)11-17(19(12)29-4)23-20(26)13-9-15(21)18(25)16(22)10-13/h8-11,25H,5-7H2,1-4H3,(H,23,26). The van der Waals surface area contributed by atoms with Gasteiger partial charge in [-0.2, -0.15) is 4.31 Å². The van der Waals surface area contributed by atoms with Gasteiger partial charge in [0.1, 0.15) is 5.75 Å². The lowest BCUT2D eigenvalue weighted by molar-refractivity contribution is 0.102. The first-order chi connectivity index (χ1) is 14.1. The number of rotatable bonds is 8. The minimum atomic E-state index is -3.75. The van der Waals surface area contributed by atoms with E-state index in [-0.39, 0.29) is 31.9 Å². The first-order valence-corrected chi connectivity index (χ1v) is 11.5. The highest BCUT2D eigenvalue weighted by Crippen LogP contribution is 2.36. The summed E-state index contributed by atoms with van der Waals surface area (Å²) in [5, 5.41) is 12.2. The van der Waals surface area contributed by atoms with E-state index >= 15 is 0 Å². The maximum atomic E-state index is 13.0. The predicted octanol–water partition coefficient (Wildman–Crippen LogP) is 4.55. The van der Waals surface area contributed by atoms with Crippen molar-refractivity contribution in [2.24, 2.45) is 0 Å². The second kappa shape index (κ2) is 9.87. The number of benzene rings is 2. The van der Waals surface area contributed by atoms with E-state index in [0.29, 0.717) is 30.8 Å². The number of methoxy groups -OCH3 is 1. The van der Waals surface area contributed by atoms with Crippen LogP contribution in [0.2, 0.25) is 10.0 Å². The normalized spacial score (nSPS) is 11.6. The number of aromatic hydroxyl groups is 1. The van der Waals surface area contributed by atoms with Crippen LogP contribution in [0.4, 0.5) is 5.69 Å². The van der Waals surface area contributed by atoms with Crippen molar-refractivity contribution < 1.29 is 23.1 Å². The highest BCUT2D eigenvalue weighted by molar-refractivity contribution is 7.89. The van der Waals surface area contributed by atoms with Gasteiger partial charge in [0.15, 0.2) is 5.75 Å². The average molecular weight is 475 g/mol. The van der Waals surface area contributed by atoms with Gasteiger partial charge in [-0.1, -0.05) is 44.0 Å². The van der Waals surface area contributed by atoms with Gasteiger partial charge in [0.2, 0.25) is 10.0 Å². The zero-order chi connectivity index (χ0) is 22.6. The van der Waals surface area contributed by atoms with Crippen LogP contribution in [0, 0.1) is 0 Å². The molecular weight excluding hydrogens is 451 g/mol. The molecule has 0 radical (unpaired) electrons. The summed E-state index contributed by atoms with van der Waals surface area (Å²) in [6.07, 6.45) is 0.491. The molecule has 2 rings (SSSR count). The molecular formula is C20H24Cl2N2O5S. The minimum Gasteiger partial charge on any atom is -0.505 e. The fraction of sp³-hybridized carbons (Fsp3) is 0.350. The van der Waals surface area contributed by atoms with Crippen LogP contribution in [0.3, 0.4) is 0 Å². The van der Waals surface area contributed by atoms with Gasteiger partial charge in [0.05, 0.1) is 27.7 Å². The van der Waals surface area contributed by atoms with E-state index in [4.69, 9.17) is 27.9 Å². The highest BCUT2D eigenvalue weighted by Gasteiger charge is 2.25. The number of nitrogens with zero attached hydrogens (tertiary/aromatic N) is 1. The third kappa shape index (κ3) is 4.83. The Labute approximate surface area is 186 Å². The number of carbonyl (C=O) groups excluding carboxylic acids is 1. The Balaban J connectivity index is 2.57. The smallest absolute Gasteiger partial charge is 0.255 e. The second-order valence-corrected chi connectivity index (χ2v) is 9.10. The summed E-state index contributed by atoms with van der Waals surface area (Å²) in [6, 6.07) is 5.45. The van der Waals surface area contributed by atoms with Crippen LogP contribution in [-0.4, -0.2) is 43.9 Å². The van der Waals surface area contributed by atoms with E-state index in [2.05, 4.69) is 5.32 Å². The van der Waals surface area contributed by atoms with Crippen LogP contribution < -0.4 is 10.1 Å². The lowest BCUT2D eigenvalue weighted by atomic mass is 10.1. The number of aryl methyl sites for hydroxylation is 1. The molecule has 0 saturated heterocycles. The van der Waals surface area contributed by atoms with Crippen molar-refractivity contribution in [1.82, 2.24) is 4.31 Å². The molecule has 0 heterocycles. The first-order valence-electron chi connectivity index (χ1n) is 9.30. The van der Waals surface area contributed by atoms with Crippen molar-refractivity contribution in [1.29, 1.82) is 0 Å². The number of hydrogen-bond donors (Lipinski definition) is 2.